The van der Waals surface area contributed by atoms with Crippen LogP contribution < -0.4 is 15.8 Å². The maximum atomic E-state index is 12.8. The summed E-state index contributed by atoms with van der Waals surface area (Å²) >= 11 is 0. The lowest BCUT2D eigenvalue weighted by Crippen LogP contribution is -2.39. The molecule has 0 fully saturated rings. The smallest absolute Gasteiger partial charge is 0.234 e. The van der Waals surface area contributed by atoms with Crippen LogP contribution in [-0.2, 0) is 17.8 Å². The Morgan fingerprint density at radius 1 is 1.13 bits per heavy atom. The molecule has 1 amide bonds. The molecule has 0 aliphatic rings. The Hall–Kier alpha value is -2.40. The lowest BCUT2D eigenvalue weighted by atomic mass is 10.1. The zero-order valence-corrected chi connectivity index (χ0v) is 13.1. The molecule has 0 aliphatic carbocycles. The van der Waals surface area contributed by atoms with Crippen molar-refractivity contribution >= 4 is 5.91 Å². The van der Waals surface area contributed by atoms with E-state index in [4.69, 9.17) is 10.5 Å². The first-order valence-corrected chi connectivity index (χ1v) is 7.53. The first-order valence-electron chi connectivity index (χ1n) is 7.53. The van der Waals surface area contributed by atoms with Crippen LogP contribution in [0.15, 0.2) is 48.5 Å². The Labute approximate surface area is 135 Å². The largest absolute Gasteiger partial charge is 0.489 e. The minimum Gasteiger partial charge on any atom is -0.489 e. The van der Waals surface area contributed by atoms with Crippen LogP contribution >= 0.6 is 0 Å². The molecule has 0 aromatic heterocycles. The Balaban J connectivity index is 1.77. The highest BCUT2D eigenvalue weighted by molar-refractivity contribution is 5.79. The summed E-state index contributed by atoms with van der Waals surface area (Å²) in [6.07, 6.45) is 0.801. The predicted octanol–water partition coefficient (Wildman–Crippen LogP) is 2.41. The number of amides is 1. The molecule has 122 valence electrons. The van der Waals surface area contributed by atoms with E-state index in [0.29, 0.717) is 13.2 Å². The number of benzene rings is 2. The highest BCUT2D eigenvalue weighted by Crippen LogP contribution is 2.14. The molecule has 1 atom stereocenters. The number of carbonyl (C=O) groups is 1. The van der Waals surface area contributed by atoms with Crippen molar-refractivity contribution in [3.63, 3.8) is 0 Å². The summed E-state index contributed by atoms with van der Waals surface area (Å²) in [5.41, 5.74) is 7.24. The van der Waals surface area contributed by atoms with Gasteiger partial charge in [0.2, 0.25) is 5.91 Å². The molecule has 1 unspecified atom stereocenters. The minimum absolute atomic E-state index is 0.252. The first-order chi connectivity index (χ1) is 11.0. The number of halogens is 1. The third-order valence-electron chi connectivity index (χ3n) is 3.53. The normalized spacial score (nSPS) is 11.9. The Morgan fingerprint density at radius 2 is 1.74 bits per heavy atom. The summed E-state index contributed by atoms with van der Waals surface area (Å²) in [5.74, 6) is 0.156. The molecule has 0 saturated heterocycles. The van der Waals surface area contributed by atoms with Gasteiger partial charge in [-0.3, -0.25) is 4.79 Å². The lowest BCUT2D eigenvalue weighted by molar-refractivity contribution is -0.119. The van der Waals surface area contributed by atoms with Gasteiger partial charge in [0.1, 0.15) is 18.2 Å². The SMILES string of the molecule is CC(NCCc1ccc(OCc2ccc(F)cc2)cc1)C(N)=O. The zero-order chi connectivity index (χ0) is 16.7. The van der Waals surface area contributed by atoms with E-state index in [-0.39, 0.29) is 17.8 Å². The molecule has 0 bridgehead atoms. The van der Waals surface area contributed by atoms with Crippen molar-refractivity contribution in [3.8, 4) is 5.75 Å². The third kappa shape index (κ3) is 5.71. The fourth-order valence-corrected chi connectivity index (χ4v) is 2.03. The van der Waals surface area contributed by atoms with Crippen LogP contribution in [0.25, 0.3) is 0 Å². The molecule has 2 rings (SSSR count). The van der Waals surface area contributed by atoms with Gasteiger partial charge in [-0.2, -0.15) is 0 Å². The standard InChI is InChI=1S/C18H21FN2O2/c1-13(18(20)22)21-11-10-14-4-8-17(9-5-14)23-12-15-2-6-16(19)7-3-15/h2-9,13,21H,10-12H2,1H3,(H2,20,22). The summed E-state index contributed by atoms with van der Waals surface area (Å²) in [5, 5.41) is 3.06. The van der Waals surface area contributed by atoms with Gasteiger partial charge >= 0.3 is 0 Å². The van der Waals surface area contributed by atoms with E-state index in [2.05, 4.69) is 5.32 Å². The molecular weight excluding hydrogens is 295 g/mol. The highest BCUT2D eigenvalue weighted by Gasteiger charge is 2.06. The summed E-state index contributed by atoms with van der Waals surface area (Å²) in [6, 6.07) is 13.7. The number of hydrogen-bond donors (Lipinski definition) is 2. The van der Waals surface area contributed by atoms with Gasteiger partial charge < -0.3 is 15.8 Å². The van der Waals surface area contributed by atoms with Crippen LogP contribution in [0.2, 0.25) is 0 Å². The average molecular weight is 316 g/mol. The molecule has 2 aromatic rings. The van der Waals surface area contributed by atoms with Gasteiger partial charge in [0.15, 0.2) is 0 Å². The molecule has 0 spiro atoms. The van der Waals surface area contributed by atoms with E-state index < -0.39 is 0 Å². The Kier molecular flexibility index (Phi) is 6.11. The summed E-state index contributed by atoms with van der Waals surface area (Å²) in [6.45, 7) is 2.83. The average Bonchev–Trinajstić information content (AvgIpc) is 2.55. The lowest BCUT2D eigenvalue weighted by Gasteiger charge is -2.10. The van der Waals surface area contributed by atoms with Gasteiger partial charge in [-0.05, 0) is 55.3 Å². The van der Waals surface area contributed by atoms with Crippen LogP contribution in [0.4, 0.5) is 4.39 Å². The van der Waals surface area contributed by atoms with Gasteiger partial charge in [0.25, 0.3) is 0 Å². The van der Waals surface area contributed by atoms with E-state index in [1.165, 1.54) is 12.1 Å². The summed E-state index contributed by atoms with van der Waals surface area (Å²) in [4.78, 5) is 10.9. The Morgan fingerprint density at radius 3 is 2.35 bits per heavy atom. The monoisotopic (exact) mass is 316 g/mol. The van der Waals surface area contributed by atoms with Crippen LogP contribution in [0.1, 0.15) is 18.1 Å². The van der Waals surface area contributed by atoms with Crippen LogP contribution in [-0.4, -0.2) is 18.5 Å². The number of rotatable bonds is 8. The predicted molar refractivity (Wildman–Crippen MR) is 87.5 cm³/mol. The van der Waals surface area contributed by atoms with E-state index in [1.807, 2.05) is 24.3 Å². The molecule has 5 heteroatoms. The molecule has 4 nitrogen and oxygen atoms in total. The maximum absolute atomic E-state index is 12.8. The quantitative estimate of drug-likeness (QED) is 0.786. The van der Waals surface area contributed by atoms with Gasteiger partial charge in [0, 0.05) is 0 Å². The van der Waals surface area contributed by atoms with E-state index in [0.717, 1.165) is 23.3 Å². The number of ether oxygens (including phenoxy) is 1. The van der Waals surface area contributed by atoms with Gasteiger partial charge in [-0.25, -0.2) is 4.39 Å². The van der Waals surface area contributed by atoms with E-state index in [9.17, 15) is 9.18 Å². The number of nitrogens with two attached hydrogens (primary N) is 1. The van der Waals surface area contributed by atoms with Crippen molar-refractivity contribution in [3.05, 3.63) is 65.5 Å². The summed E-state index contributed by atoms with van der Waals surface area (Å²) < 4.78 is 18.5. The number of nitrogens with one attached hydrogen (secondary N) is 1. The molecule has 0 radical (unpaired) electrons. The molecule has 3 N–H and O–H groups in total. The van der Waals surface area contributed by atoms with Crippen molar-refractivity contribution in [2.24, 2.45) is 5.73 Å². The van der Waals surface area contributed by atoms with Crippen LogP contribution in [0.3, 0.4) is 0 Å². The number of carbonyl (C=O) groups excluding carboxylic acids is 1. The van der Waals surface area contributed by atoms with Gasteiger partial charge in [-0.1, -0.05) is 24.3 Å². The summed E-state index contributed by atoms with van der Waals surface area (Å²) in [7, 11) is 0. The minimum atomic E-state index is -0.352. The number of primary amides is 1. The van der Waals surface area contributed by atoms with Crippen LogP contribution in [0, 0.1) is 5.82 Å². The third-order valence-corrected chi connectivity index (χ3v) is 3.53. The molecule has 0 aliphatic heterocycles. The molecule has 0 saturated carbocycles. The van der Waals surface area contributed by atoms with Crippen molar-refractivity contribution < 1.29 is 13.9 Å². The second-order valence-corrected chi connectivity index (χ2v) is 5.39. The topological polar surface area (TPSA) is 64.3 Å². The van der Waals surface area contributed by atoms with Crippen molar-refractivity contribution in [2.75, 3.05) is 6.54 Å². The molecule has 2 aromatic carbocycles. The number of hydrogen-bond acceptors (Lipinski definition) is 3. The molecular formula is C18H21FN2O2. The first kappa shape index (κ1) is 17.0. The molecule has 23 heavy (non-hydrogen) atoms. The van der Waals surface area contributed by atoms with Crippen LogP contribution in [0.5, 0.6) is 5.75 Å². The molecule has 0 heterocycles. The Bertz CT molecular complexity index is 626. The van der Waals surface area contributed by atoms with Gasteiger partial charge in [0.05, 0.1) is 6.04 Å². The van der Waals surface area contributed by atoms with Crippen molar-refractivity contribution in [1.82, 2.24) is 5.32 Å². The maximum Gasteiger partial charge on any atom is 0.234 e. The fraction of sp³-hybridized carbons (Fsp3) is 0.278. The van der Waals surface area contributed by atoms with Crippen molar-refractivity contribution in [1.29, 1.82) is 0 Å². The second-order valence-electron chi connectivity index (χ2n) is 5.39. The van der Waals surface area contributed by atoms with Gasteiger partial charge in [-0.15, -0.1) is 0 Å². The van der Waals surface area contributed by atoms with E-state index in [1.54, 1.807) is 19.1 Å². The highest BCUT2D eigenvalue weighted by atomic mass is 19.1. The van der Waals surface area contributed by atoms with E-state index >= 15 is 0 Å². The zero-order valence-electron chi connectivity index (χ0n) is 13.1. The fourth-order valence-electron chi connectivity index (χ4n) is 2.03. The second kappa shape index (κ2) is 8.29. The van der Waals surface area contributed by atoms with Crippen molar-refractivity contribution in [2.45, 2.75) is 26.0 Å².